The highest BCUT2D eigenvalue weighted by Crippen LogP contribution is 2.24. The molecule has 1 fully saturated rings. The molecule has 3 heteroatoms. The molecule has 3 nitrogen and oxygen atoms in total. The Labute approximate surface area is 115 Å². The summed E-state index contributed by atoms with van der Waals surface area (Å²) in [6.45, 7) is 7.10. The molecule has 0 unspecified atom stereocenters. The minimum absolute atomic E-state index is 0.142. The zero-order valence-electron chi connectivity index (χ0n) is 11.8. The van der Waals surface area contributed by atoms with Crippen LogP contribution in [0.15, 0.2) is 24.3 Å². The van der Waals surface area contributed by atoms with Crippen molar-refractivity contribution in [3.63, 3.8) is 0 Å². The van der Waals surface area contributed by atoms with Crippen molar-refractivity contribution in [3.8, 4) is 5.75 Å². The zero-order valence-corrected chi connectivity index (χ0v) is 11.8. The number of benzene rings is 1. The van der Waals surface area contributed by atoms with Gasteiger partial charge in [-0.05, 0) is 62.0 Å². The standard InChI is InChI=1S/C16H23NO2/c1-12(2)13-7-9-17(10-8-13)11-16(19)14-3-5-15(18)6-4-14/h3-6,12-13,18H,7-11H2,1-2H3. The fourth-order valence-electron chi connectivity index (χ4n) is 2.72. The van der Waals surface area contributed by atoms with Crippen molar-refractivity contribution < 1.29 is 9.90 Å². The Bertz CT molecular complexity index is 417. The van der Waals surface area contributed by atoms with Gasteiger partial charge in [0.15, 0.2) is 5.78 Å². The summed E-state index contributed by atoms with van der Waals surface area (Å²) in [7, 11) is 0. The van der Waals surface area contributed by atoms with E-state index in [1.165, 1.54) is 12.8 Å². The van der Waals surface area contributed by atoms with Crippen LogP contribution in [0.3, 0.4) is 0 Å². The van der Waals surface area contributed by atoms with E-state index in [4.69, 9.17) is 0 Å². The molecule has 1 N–H and O–H groups in total. The monoisotopic (exact) mass is 261 g/mol. The van der Waals surface area contributed by atoms with Gasteiger partial charge in [-0.15, -0.1) is 0 Å². The lowest BCUT2D eigenvalue weighted by Gasteiger charge is -2.33. The van der Waals surface area contributed by atoms with Crippen molar-refractivity contribution in [2.24, 2.45) is 11.8 Å². The van der Waals surface area contributed by atoms with Gasteiger partial charge in [0.2, 0.25) is 0 Å². The van der Waals surface area contributed by atoms with Gasteiger partial charge in [-0.3, -0.25) is 9.69 Å². The molecular weight excluding hydrogens is 238 g/mol. The van der Waals surface area contributed by atoms with Crippen LogP contribution in [0, 0.1) is 11.8 Å². The van der Waals surface area contributed by atoms with E-state index in [0.29, 0.717) is 12.1 Å². The van der Waals surface area contributed by atoms with E-state index in [-0.39, 0.29) is 11.5 Å². The Morgan fingerprint density at radius 2 is 1.84 bits per heavy atom. The number of likely N-dealkylation sites (tertiary alicyclic amines) is 1. The molecule has 1 aromatic carbocycles. The molecule has 1 aliphatic rings. The number of nitrogens with zero attached hydrogens (tertiary/aromatic N) is 1. The number of Topliss-reactive ketones (excluding diaryl/α,β-unsaturated/α-hetero) is 1. The number of carbonyl (C=O) groups excluding carboxylic acids is 1. The average molecular weight is 261 g/mol. The fourth-order valence-corrected chi connectivity index (χ4v) is 2.72. The lowest BCUT2D eigenvalue weighted by molar-refractivity contribution is 0.0880. The Morgan fingerprint density at radius 3 is 2.37 bits per heavy atom. The first kappa shape index (κ1) is 14.1. The van der Waals surface area contributed by atoms with E-state index in [1.807, 2.05) is 0 Å². The summed E-state index contributed by atoms with van der Waals surface area (Å²) in [4.78, 5) is 14.4. The van der Waals surface area contributed by atoms with E-state index >= 15 is 0 Å². The summed E-state index contributed by atoms with van der Waals surface area (Å²) in [5.41, 5.74) is 0.684. The Kier molecular flexibility index (Phi) is 4.59. The van der Waals surface area contributed by atoms with Crippen LogP contribution in [0.25, 0.3) is 0 Å². The summed E-state index contributed by atoms with van der Waals surface area (Å²) in [5, 5.41) is 9.22. The lowest BCUT2D eigenvalue weighted by atomic mass is 9.86. The molecular formula is C16H23NO2. The summed E-state index contributed by atoms with van der Waals surface area (Å²) in [5.74, 6) is 1.90. The van der Waals surface area contributed by atoms with Gasteiger partial charge in [-0.2, -0.15) is 0 Å². The van der Waals surface area contributed by atoms with Crippen LogP contribution in [0.5, 0.6) is 5.75 Å². The van der Waals surface area contributed by atoms with E-state index < -0.39 is 0 Å². The van der Waals surface area contributed by atoms with Crippen LogP contribution in [-0.4, -0.2) is 35.4 Å². The summed E-state index contributed by atoms with van der Waals surface area (Å²) in [6, 6.07) is 6.52. The van der Waals surface area contributed by atoms with Crippen molar-refractivity contribution in [2.45, 2.75) is 26.7 Å². The third kappa shape index (κ3) is 3.80. The number of ketones is 1. The number of phenols is 1. The minimum Gasteiger partial charge on any atom is -0.508 e. The van der Waals surface area contributed by atoms with Gasteiger partial charge < -0.3 is 5.11 Å². The van der Waals surface area contributed by atoms with Gasteiger partial charge >= 0.3 is 0 Å². The lowest BCUT2D eigenvalue weighted by Crippen LogP contribution is -2.38. The van der Waals surface area contributed by atoms with Crippen LogP contribution in [0.4, 0.5) is 0 Å². The number of phenolic OH excluding ortho intramolecular Hbond substituents is 1. The van der Waals surface area contributed by atoms with Crippen molar-refractivity contribution >= 4 is 5.78 Å². The topological polar surface area (TPSA) is 40.5 Å². The fraction of sp³-hybridized carbons (Fsp3) is 0.562. The maximum absolute atomic E-state index is 12.1. The minimum atomic E-state index is 0.142. The summed E-state index contributed by atoms with van der Waals surface area (Å²) >= 11 is 0. The van der Waals surface area contributed by atoms with Crippen molar-refractivity contribution in [2.75, 3.05) is 19.6 Å². The number of carbonyl (C=O) groups is 1. The number of aromatic hydroxyl groups is 1. The van der Waals surface area contributed by atoms with Crippen molar-refractivity contribution in [3.05, 3.63) is 29.8 Å². The van der Waals surface area contributed by atoms with E-state index in [2.05, 4.69) is 18.7 Å². The number of hydrogen-bond acceptors (Lipinski definition) is 3. The van der Waals surface area contributed by atoms with E-state index in [0.717, 1.165) is 24.9 Å². The SMILES string of the molecule is CC(C)C1CCN(CC(=O)c2ccc(O)cc2)CC1. The molecule has 0 aromatic heterocycles. The largest absolute Gasteiger partial charge is 0.508 e. The van der Waals surface area contributed by atoms with Gasteiger partial charge in [0.25, 0.3) is 0 Å². The molecule has 0 atom stereocenters. The van der Waals surface area contributed by atoms with Gasteiger partial charge in [0.05, 0.1) is 6.54 Å². The number of rotatable bonds is 4. The molecule has 104 valence electrons. The Morgan fingerprint density at radius 1 is 1.26 bits per heavy atom. The second-order valence-electron chi connectivity index (χ2n) is 5.83. The average Bonchev–Trinajstić information content (AvgIpc) is 2.40. The zero-order chi connectivity index (χ0) is 13.8. The van der Waals surface area contributed by atoms with Gasteiger partial charge in [0, 0.05) is 5.56 Å². The normalized spacial score (nSPS) is 17.8. The van der Waals surface area contributed by atoms with Crippen LogP contribution in [-0.2, 0) is 0 Å². The molecule has 1 aliphatic heterocycles. The smallest absolute Gasteiger partial charge is 0.176 e. The molecule has 0 radical (unpaired) electrons. The summed E-state index contributed by atoms with van der Waals surface area (Å²) in [6.07, 6.45) is 2.39. The quantitative estimate of drug-likeness (QED) is 0.847. The van der Waals surface area contributed by atoms with Crippen LogP contribution in [0.1, 0.15) is 37.0 Å². The first-order valence-electron chi connectivity index (χ1n) is 7.11. The van der Waals surface area contributed by atoms with Crippen molar-refractivity contribution in [1.29, 1.82) is 0 Å². The van der Waals surface area contributed by atoms with E-state index in [1.54, 1.807) is 24.3 Å². The first-order valence-corrected chi connectivity index (χ1v) is 7.11. The first-order chi connectivity index (χ1) is 9.06. The molecule has 0 saturated carbocycles. The highest BCUT2D eigenvalue weighted by Gasteiger charge is 2.22. The van der Waals surface area contributed by atoms with E-state index in [9.17, 15) is 9.90 Å². The predicted molar refractivity (Wildman–Crippen MR) is 76.4 cm³/mol. The van der Waals surface area contributed by atoms with Crippen LogP contribution >= 0.6 is 0 Å². The maximum Gasteiger partial charge on any atom is 0.176 e. The van der Waals surface area contributed by atoms with Gasteiger partial charge in [-0.25, -0.2) is 0 Å². The Hall–Kier alpha value is -1.35. The summed E-state index contributed by atoms with van der Waals surface area (Å²) < 4.78 is 0. The molecule has 1 aromatic rings. The second-order valence-corrected chi connectivity index (χ2v) is 5.83. The van der Waals surface area contributed by atoms with Gasteiger partial charge in [-0.1, -0.05) is 13.8 Å². The molecule has 1 saturated heterocycles. The third-order valence-electron chi connectivity index (χ3n) is 4.13. The second kappa shape index (κ2) is 6.20. The van der Waals surface area contributed by atoms with Gasteiger partial charge in [0.1, 0.15) is 5.75 Å². The molecule has 1 heterocycles. The molecule has 0 spiro atoms. The van der Waals surface area contributed by atoms with Crippen molar-refractivity contribution in [1.82, 2.24) is 4.90 Å². The van der Waals surface area contributed by atoms with Crippen LogP contribution < -0.4 is 0 Å². The highest BCUT2D eigenvalue weighted by molar-refractivity contribution is 5.97. The maximum atomic E-state index is 12.1. The Balaban J connectivity index is 1.85. The molecule has 0 bridgehead atoms. The predicted octanol–water partition coefficient (Wildman–Crippen LogP) is 2.94. The molecule has 0 amide bonds. The molecule has 19 heavy (non-hydrogen) atoms. The molecule has 2 rings (SSSR count). The number of piperidine rings is 1. The molecule has 0 aliphatic carbocycles. The van der Waals surface area contributed by atoms with Crippen LogP contribution in [0.2, 0.25) is 0 Å². The third-order valence-corrected chi connectivity index (χ3v) is 4.13. The number of hydrogen-bond donors (Lipinski definition) is 1. The highest BCUT2D eigenvalue weighted by atomic mass is 16.3.